The van der Waals surface area contributed by atoms with Gasteiger partial charge in [0.25, 0.3) is 5.91 Å². The number of carbonyl (C=O) groups is 1. The molecule has 114 valence electrons. The van der Waals surface area contributed by atoms with E-state index in [2.05, 4.69) is 25.5 Å². The molecule has 0 aliphatic carbocycles. The third-order valence-electron chi connectivity index (χ3n) is 3.23. The first-order chi connectivity index (χ1) is 11.3. The van der Waals surface area contributed by atoms with Crippen molar-refractivity contribution < 1.29 is 9.21 Å². The molecule has 0 radical (unpaired) electrons. The van der Waals surface area contributed by atoms with Crippen LogP contribution in [0.15, 0.2) is 47.3 Å². The molecule has 4 rings (SSSR count). The highest BCUT2D eigenvalue weighted by molar-refractivity contribution is 7.18. The highest BCUT2D eigenvalue weighted by atomic mass is 32.1. The van der Waals surface area contributed by atoms with Gasteiger partial charge in [-0.25, -0.2) is 4.98 Å². The summed E-state index contributed by atoms with van der Waals surface area (Å²) in [6, 6.07) is 7.13. The zero-order valence-electron chi connectivity index (χ0n) is 11.8. The molecule has 4 aromatic rings. The number of H-pyrrole nitrogens is 1. The molecule has 0 unspecified atom stereocenters. The van der Waals surface area contributed by atoms with Crippen molar-refractivity contribution in [1.29, 1.82) is 0 Å². The Kier molecular flexibility index (Phi) is 3.35. The largest absolute Gasteiger partial charge is 0.463 e. The molecule has 0 atom stereocenters. The Labute approximate surface area is 134 Å². The minimum absolute atomic E-state index is 0.267. The number of pyridine rings is 1. The lowest BCUT2D eigenvalue weighted by Gasteiger charge is -1.98. The first-order valence-corrected chi connectivity index (χ1v) is 7.68. The van der Waals surface area contributed by atoms with Crippen molar-refractivity contribution in [1.82, 2.24) is 25.5 Å². The summed E-state index contributed by atoms with van der Waals surface area (Å²) >= 11 is 1.53. The van der Waals surface area contributed by atoms with Gasteiger partial charge in [-0.1, -0.05) is 0 Å². The summed E-state index contributed by atoms with van der Waals surface area (Å²) in [5.74, 6) is 0.367. The van der Waals surface area contributed by atoms with Crippen LogP contribution in [0.3, 0.4) is 0 Å². The van der Waals surface area contributed by atoms with Crippen LogP contribution in [0.2, 0.25) is 0 Å². The molecule has 4 aromatic heterocycles. The van der Waals surface area contributed by atoms with Crippen molar-refractivity contribution in [3.63, 3.8) is 0 Å². The minimum atomic E-state index is -0.267. The number of nitrogens with zero attached hydrogens (tertiary/aromatic N) is 3. The van der Waals surface area contributed by atoms with E-state index in [-0.39, 0.29) is 5.91 Å². The van der Waals surface area contributed by atoms with Crippen LogP contribution in [0, 0.1) is 0 Å². The lowest BCUT2D eigenvalue weighted by molar-refractivity contribution is 0.0946. The normalized spacial score (nSPS) is 11.0. The Hall–Kier alpha value is -3.00. The van der Waals surface area contributed by atoms with Crippen LogP contribution >= 0.6 is 11.3 Å². The molecule has 0 aliphatic heterocycles. The number of fused-ring (bicyclic) bond motifs is 1. The van der Waals surface area contributed by atoms with E-state index in [0.29, 0.717) is 23.7 Å². The number of nitrogens with one attached hydrogen (secondary N) is 2. The lowest BCUT2D eigenvalue weighted by Crippen LogP contribution is -2.23. The molecule has 8 heteroatoms. The number of hydrogen-bond acceptors (Lipinski definition) is 6. The van der Waals surface area contributed by atoms with Crippen LogP contribution in [-0.4, -0.2) is 26.1 Å². The van der Waals surface area contributed by atoms with Gasteiger partial charge in [-0.2, -0.15) is 5.10 Å². The fourth-order valence-corrected chi connectivity index (χ4v) is 3.02. The smallest absolute Gasteiger partial charge is 0.272 e. The highest BCUT2D eigenvalue weighted by Crippen LogP contribution is 2.21. The Balaban J connectivity index is 1.45. The van der Waals surface area contributed by atoms with E-state index in [1.165, 1.54) is 11.3 Å². The lowest BCUT2D eigenvalue weighted by atomic mass is 10.3. The van der Waals surface area contributed by atoms with Crippen molar-refractivity contribution in [2.24, 2.45) is 0 Å². The van der Waals surface area contributed by atoms with Gasteiger partial charge in [0.15, 0.2) is 11.5 Å². The molecule has 0 spiro atoms. The van der Waals surface area contributed by atoms with Crippen molar-refractivity contribution >= 4 is 27.5 Å². The van der Waals surface area contributed by atoms with E-state index in [1.54, 1.807) is 36.9 Å². The van der Waals surface area contributed by atoms with Crippen LogP contribution in [0.5, 0.6) is 0 Å². The average Bonchev–Trinajstić information content (AvgIpc) is 3.31. The Morgan fingerprint density at radius 2 is 2.35 bits per heavy atom. The minimum Gasteiger partial charge on any atom is -0.463 e. The van der Waals surface area contributed by atoms with Crippen LogP contribution < -0.4 is 5.32 Å². The van der Waals surface area contributed by atoms with E-state index in [4.69, 9.17) is 4.42 Å². The Morgan fingerprint density at radius 3 is 3.17 bits per heavy atom. The molecule has 0 saturated carbocycles. The molecule has 7 nitrogen and oxygen atoms in total. The molecule has 23 heavy (non-hydrogen) atoms. The predicted octanol–water partition coefficient (Wildman–Crippen LogP) is 2.60. The molecule has 0 aromatic carbocycles. The number of hydrogen-bond donors (Lipinski definition) is 2. The topological polar surface area (TPSA) is 96.7 Å². The zero-order chi connectivity index (χ0) is 15.6. The second kappa shape index (κ2) is 5.65. The maximum Gasteiger partial charge on any atom is 0.272 e. The van der Waals surface area contributed by atoms with E-state index in [0.717, 1.165) is 15.2 Å². The van der Waals surface area contributed by atoms with Crippen molar-refractivity contribution in [2.75, 3.05) is 0 Å². The monoisotopic (exact) mass is 325 g/mol. The SMILES string of the molecule is O=C(NCc1nc2cnccc2s1)c1cc(-c2ccco2)[nH]n1. The van der Waals surface area contributed by atoms with Crippen LogP contribution in [0.4, 0.5) is 0 Å². The van der Waals surface area contributed by atoms with E-state index in [9.17, 15) is 4.79 Å². The van der Waals surface area contributed by atoms with Crippen LogP contribution in [0.1, 0.15) is 15.5 Å². The summed E-state index contributed by atoms with van der Waals surface area (Å²) in [5.41, 5.74) is 1.80. The summed E-state index contributed by atoms with van der Waals surface area (Å²) in [6.45, 7) is 0.348. The molecular formula is C15H11N5O2S. The van der Waals surface area contributed by atoms with Gasteiger partial charge in [-0.15, -0.1) is 11.3 Å². The van der Waals surface area contributed by atoms with Crippen molar-refractivity contribution in [3.05, 3.63) is 53.6 Å². The van der Waals surface area contributed by atoms with Crippen molar-refractivity contribution in [3.8, 4) is 11.5 Å². The summed E-state index contributed by atoms with van der Waals surface area (Å²) in [7, 11) is 0. The fourth-order valence-electron chi connectivity index (χ4n) is 2.15. The highest BCUT2D eigenvalue weighted by Gasteiger charge is 2.13. The maximum absolute atomic E-state index is 12.2. The second-order valence-electron chi connectivity index (χ2n) is 4.78. The van der Waals surface area contributed by atoms with E-state index >= 15 is 0 Å². The average molecular weight is 325 g/mol. The van der Waals surface area contributed by atoms with Gasteiger partial charge in [-0.3, -0.25) is 14.9 Å². The maximum atomic E-state index is 12.2. The molecular weight excluding hydrogens is 314 g/mol. The summed E-state index contributed by atoms with van der Waals surface area (Å²) in [6.07, 6.45) is 5.00. The Morgan fingerprint density at radius 1 is 1.39 bits per heavy atom. The first-order valence-electron chi connectivity index (χ1n) is 6.86. The summed E-state index contributed by atoms with van der Waals surface area (Å²) in [4.78, 5) is 20.6. The number of amides is 1. The molecule has 0 saturated heterocycles. The number of thiazole rings is 1. The molecule has 1 amide bonds. The number of carbonyl (C=O) groups excluding carboxylic acids is 1. The predicted molar refractivity (Wildman–Crippen MR) is 84.9 cm³/mol. The number of rotatable bonds is 4. The molecule has 0 fully saturated rings. The van der Waals surface area contributed by atoms with E-state index < -0.39 is 0 Å². The van der Waals surface area contributed by atoms with Crippen LogP contribution in [0.25, 0.3) is 21.7 Å². The number of aromatic amines is 1. The molecule has 0 bridgehead atoms. The van der Waals surface area contributed by atoms with Crippen LogP contribution in [-0.2, 0) is 6.54 Å². The van der Waals surface area contributed by atoms with E-state index in [1.807, 2.05) is 6.07 Å². The first kappa shape index (κ1) is 13.6. The van der Waals surface area contributed by atoms with Gasteiger partial charge in [0, 0.05) is 12.3 Å². The van der Waals surface area contributed by atoms with Gasteiger partial charge in [0.2, 0.25) is 0 Å². The fraction of sp³-hybridized carbons (Fsp3) is 0.0667. The summed E-state index contributed by atoms with van der Waals surface area (Å²) in [5, 5.41) is 10.4. The Bertz CT molecular complexity index is 924. The number of aromatic nitrogens is 4. The quantitative estimate of drug-likeness (QED) is 0.601. The third kappa shape index (κ3) is 2.71. The third-order valence-corrected chi connectivity index (χ3v) is 4.27. The number of furan rings is 1. The van der Waals surface area contributed by atoms with Gasteiger partial charge in [0.1, 0.15) is 10.7 Å². The summed E-state index contributed by atoms with van der Waals surface area (Å²) < 4.78 is 6.30. The standard InChI is InChI=1S/C15H11N5O2S/c21-15(10-6-9(19-20-10)12-2-1-5-22-12)17-8-14-18-11-7-16-4-3-13(11)23-14/h1-7H,8H2,(H,17,21)(H,19,20). The van der Waals surface area contributed by atoms with Gasteiger partial charge in [0.05, 0.1) is 29.2 Å². The zero-order valence-corrected chi connectivity index (χ0v) is 12.6. The van der Waals surface area contributed by atoms with Gasteiger partial charge >= 0.3 is 0 Å². The molecule has 4 heterocycles. The second-order valence-corrected chi connectivity index (χ2v) is 5.89. The van der Waals surface area contributed by atoms with Gasteiger partial charge < -0.3 is 9.73 Å². The molecule has 0 aliphatic rings. The molecule has 2 N–H and O–H groups in total. The van der Waals surface area contributed by atoms with Crippen molar-refractivity contribution in [2.45, 2.75) is 6.54 Å². The van der Waals surface area contributed by atoms with Gasteiger partial charge in [-0.05, 0) is 18.2 Å².